The highest BCUT2D eigenvalue weighted by Gasteiger charge is 2.33. The van der Waals surface area contributed by atoms with Gasteiger partial charge >= 0.3 is 12.0 Å². The van der Waals surface area contributed by atoms with Gasteiger partial charge < -0.3 is 26.4 Å². The van der Waals surface area contributed by atoms with Gasteiger partial charge in [0.2, 0.25) is 5.92 Å². The van der Waals surface area contributed by atoms with Crippen LogP contribution in [0.2, 0.25) is 0 Å². The fraction of sp³-hybridized carbons (Fsp3) is 0.533. The van der Waals surface area contributed by atoms with Crippen LogP contribution < -0.4 is 21.7 Å². The molecule has 0 fully saturated rings. The van der Waals surface area contributed by atoms with Gasteiger partial charge in [-0.05, 0) is 54.5 Å². The Morgan fingerprint density at radius 1 is 1.00 bits per heavy atom. The van der Waals surface area contributed by atoms with Gasteiger partial charge in [-0.3, -0.25) is 0 Å². The second-order valence-electron chi connectivity index (χ2n) is 10.2. The molecule has 2 rings (SSSR count). The SMILES string of the molecule is CCCCC(F)(F)CC[C@@H](NC(=O)NC)C(=O)O[C@H](CNCc1cccc(CC)c1)[C@@H](N)Cc1cc(F)cc(F)c1. The number of hydrogen-bond acceptors (Lipinski definition) is 5. The molecule has 7 nitrogen and oxygen atoms in total. The number of esters is 1. The lowest BCUT2D eigenvalue weighted by molar-refractivity contribution is -0.153. The minimum Gasteiger partial charge on any atom is -0.458 e. The highest BCUT2D eigenvalue weighted by atomic mass is 19.3. The first kappa shape index (κ1) is 34.0. The third-order valence-corrected chi connectivity index (χ3v) is 6.72. The fourth-order valence-corrected chi connectivity index (χ4v) is 4.36. The highest BCUT2D eigenvalue weighted by Crippen LogP contribution is 2.28. The topological polar surface area (TPSA) is 105 Å². The molecule has 0 saturated heterocycles. The number of aryl methyl sites for hydroxylation is 1. The molecule has 0 heterocycles. The van der Waals surface area contributed by atoms with Crippen molar-refractivity contribution in [2.75, 3.05) is 13.6 Å². The van der Waals surface area contributed by atoms with Crippen LogP contribution in [0.1, 0.15) is 62.6 Å². The second kappa shape index (κ2) is 16.9. The van der Waals surface area contributed by atoms with Crippen LogP contribution in [-0.4, -0.2) is 49.7 Å². The van der Waals surface area contributed by atoms with Crippen molar-refractivity contribution in [1.82, 2.24) is 16.0 Å². The zero-order valence-electron chi connectivity index (χ0n) is 24.0. The number of carbonyl (C=O) groups is 2. The van der Waals surface area contributed by atoms with E-state index in [1.807, 2.05) is 31.2 Å². The summed E-state index contributed by atoms with van der Waals surface area (Å²) in [5.74, 6) is -5.48. The normalized spacial score (nSPS) is 13.8. The van der Waals surface area contributed by atoms with Crippen molar-refractivity contribution in [1.29, 1.82) is 0 Å². The Bertz CT molecular complexity index is 1100. The zero-order valence-corrected chi connectivity index (χ0v) is 24.0. The maximum atomic E-state index is 14.4. The van der Waals surface area contributed by atoms with Crippen LogP contribution in [-0.2, 0) is 28.9 Å². The van der Waals surface area contributed by atoms with Crippen molar-refractivity contribution in [2.24, 2.45) is 5.73 Å². The highest BCUT2D eigenvalue weighted by molar-refractivity contribution is 5.83. The van der Waals surface area contributed by atoms with Crippen molar-refractivity contribution in [3.63, 3.8) is 0 Å². The number of amides is 2. The van der Waals surface area contributed by atoms with Crippen LogP contribution in [0.4, 0.5) is 22.4 Å². The van der Waals surface area contributed by atoms with E-state index in [-0.39, 0.29) is 31.4 Å². The standard InChI is InChI=1S/C30H42F4N4O3/c1-4-6-11-30(33,34)12-10-26(38-29(40)36-3)28(39)41-27(19-37-18-21-9-7-8-20(5-2)13-21)25(35)16-22-14-23(31)17-24(32)15-22/h7-9,13-15,17,25-27,37H,4-6,10-12,16,18-19,35H2,1-3H3,(H2,36,38,40)/t25-,26+,27+/m0/s1. The molecule has 0 saturated carbocycles. The Balaban J connectivity index is 2.19. The summed E-state index contributed by atoms with van der Waals surface area (Å²) in [6.45, 7) is 4.34. The Hall–Kier alpha value is -3.18. The molecule has 0 radical (unpaired) electrons. The zero-order chi connectivity index (χ0) is 30.4. The molecule has 2 aromatic carbocycles. The number of rotatable bonds is 17. The molecule has 0 bridgehead atoms. The number of ether oxygens (including phenoxy) is 1. The summed E-state index contributed by atoms with van der Waals surface area (Å²) in [6, 6.07) is 7.94. The smallest absolute Gasteiger partial charge is 0.329 e. The van der Waals surface area contributed by atoms with E-state index in [1.54, 1.807) is 6.92 Å². The fourth-order valence-electron chi connectivity index (χ4n) is 4.36. The first-order valence-electron chi connectivity index (χ1n) is 14.0. The minimum atomic E-state index is -3.01. The van der Waals surface area contributed by atoms with E-state index < -0.39 is 54.2 Å². The lowest BCUT2D eigenvalue weighted by atomic mass is 10.0. The Morgan fingerprint density at radius 2 is 1.68 bits per heavy atom. The lowest BCUT2D eigenvalue weighted by Gasteiger charge is -2.28. The quantitative estimate of drug-likeness (QED) is 0.155. The molecule has 0 spiro atoms. The molecule has 2 amide bonds. The first-order chi connectivity index (χ1) is 19.5. The maximum Gasteiger partial charge on any atom is 0.329 e. The van der Waals surface area contributed by atoms with Gasteiger partial charge in [-0.15, -0.1) is 0 Å². The average molecular weight is 583 g/mol. The van der Waals surface area contributed by atoms with E-state index in [0.717, 1.165) is 35.7 Å². The summed E-state index contributed by atoms with van der Waals surface area (Å²) < 4.78 is 62.0. The van der Waals surface area contributed by atoms with Gasteiger partial charge in [0.25, 0.3) is 0 Å². The largest absolute Gasteiger partial charge is 0.458 e. The lowest BCUT2D eigenvalue weighted by Crippen LogP contribution is -2.51. The Morgan fingerprint density at radius 3 is 2.32 bits per heavy atom. The number of halogens is 4. The van der Waals surface area contributed by atoms with Crippen molar-refractivity contribution in [3.05, 3.63) is 70.8 Å². The van der Waals surface area contributed by atoms with Crippen LogP contribution in [0.25, 0.3) is 0 Å². The summed E-state index contributed by atoms with van der Waals surface area (Å²) in [6.07, 6.45) is -0.538. The van der Waals surface area contributed by atoms with Gasteiger partial charge in [0.15, 0.2) is 0 Å². The number of carbonyl (C=O) groups excluding carboxylic acids is 2. The molecule has 3 atom stereocenters. The van der Waals surface area contributed by atoms with Crippen LogP contribution >= 0.6 is 0 Å². The number of urea groups is 1. The van der Waals surface area contributed by atoms with Crippen LogP contribution in [0.15, 0.2) is 42.5 Å². The Kier molecular flexibility index (Phi) is 14.1. The van der Waals surface area contributed by atoms with E-state index in [0.29, 0.717) is 19.4 Å². The number of unbranched alkanes of at least 4 members (excludes halogenated alkanes) is 1. The van der Waals surface area contributed by atoms with Crippen molar-refractivity contribution in [2.45, 2.75) is 89.4 Å². The first-order valence-corrected chi connectivity index (χ1v) is 14.0. The van der Waals surface area contributed by atoms with E-state index in [2.05, 4.69) is 16.0 Å². The van der Waals surface area contributed by atoms with E-state index in [9.17, 15) is 27.2 Å². The van der Waals surface area contributed by atoms with Gasteiger partial charge in [0, 0.05) is 45.1 Å². The number of nitrogens with one attached hydrogen (secondary N) is 3. The summed E-state index contributed by atoms with van der Waals surface area (Å²) in [4.78, 5) is 25.2. The average Bonchev–Trinajstić information content (AvgIpc) is 2.92. The van der Waals surface area contributed by atoms with Gasteiger partial charge in [0.05, 0.1) is 0 Å². The van der Waals surface area contributed by atoms with E-state index >= 15 is 0 Å². The molecule has 228 valence electrons. The summed E-state index contributed by atoms with van der Waals surface area (Å²) in [7, 11) is 1.34. The molecular formula is C30H42F4N4O3. The molecule has 5 N–H and O–H groups in total. The molecule has 0 aliphatic rings. The monoisotopic (exact) mass is 582 g/mol. The molecule has 0 aliphatic heterocycles. The Labute approximate surface area is 239 Å². The van der Waals surface area contributed by atoms with Crippen molar-refractivity contribution < 1.29 is 31.9 Å². The second-order valence-corrected chi connectivity index (χ2v) is 10.2. The predicted octanol–water partition coefficient (Wildman–Crippen LogP) is 5.00. The third kappa shape index (κ3) is 12.5. The van der Waals surface area contributed by atoms with Crippen molar-refractivity contribution in [3.8, 4) is 0 Å². The third-order valence-electron chi connectivity index (χ3n) is 6.72. The van der Waals surface area contributed by atoms with E-state index in [1.165, 1.54) is 7.05 Å². The van der Waals surface area contributed by atoms with Crippen LogP contribution in [0, 0.1) is 11.6 Å². The molecule has 0 aromatic heterocycles. The molecule has 41 heavy (non-hydrogen) atoms. The summed E-state index contributed by atoms with van der Waals surface area (Å²) in [5, 5.41) is 7.88. The number of benzene rings is 2. The van der Waals surface area contributed by atoms with E-state index in [4.69, 9.17) is 10.5 Å². The molecule has 0 unspecified atom stereocenters. The maximum absolute atomic E-state index is 14.4. The predicted molar refractivity (Wildman–Crippen MR) is 151 cm³/mol. The van der Waals surface area contributed by atoms with Crippen molar-refractivity contribution >= 4 is 12.0 Å². The van der Waals surface area contributed by atoms with Gasteiger partial charge in [-0.1, -0.05) is 44.5 Å². The van der Waals surface area contributed by atoms with Gasteiger partial charge in [-0.25, -0.2) is 27.2 Å². The molecule has 0 aliphatic carbocycles. The van der Waals surface area contributed by atoms with Crippen LogP contribution in [0.5, 0.6) is 0 Å². The van der Waals surface area contributed by atoms with Gasteiger partial charge in [0.1, 0.15) is 23.8 Å². The minimum absolute atomic E-state index is 0.0255. The summed E-state index contributed by atoms with van der Waals surface area (Å²) >= 11 is 0. The number of nitrogens with two attached hydrogens (primary N) is 1. The van der Waals surface area contributed by atoms with Crippen LogP contribution in [0.3, 0.4) is 0 Å². The molecule has 2 aromatic rings. The number of hydrogen-bond donors (Lipinski definition) is 4. The molecule has 11 heteroatoms. The summed E-state index contributed by atoms with van der Waals surface area (Å²) in [5.41, 5.74) is 8.77. The molecular weight excluding hydrogens is 540 g/mol. The van der Waals surface area contributed by atoms with Gasteiger partial charge in [-0.2, -0.15) is 0 Å². The number of alkyl halides is 2.